The third kappa shape index (κ3) is 2.82. The number of hydrogen-bond donors (Lipinski definition) is 2. The molecule has 17 heavy (non-hydrogen) atoms. The van der Waals surface area contributed by atoms with Crippen molar-refractivity contribution in [2.45, 2.75) is 64.3 Å². The van der Waals surface area contributed by atoms with Crippen molar-refractivity contribution in [3.8, 4) is 0 Å². The van der Waals surface area contributed by atoms with E-state index >= 15 is 0 Å². The maximum absolute atomic E-state index is 12.2. The molecule has 2 fully saturated rings. The minimum Gasteiger partial charge on any atom is -0.355 e. The van der Waals surface area contributed by atoms with Crippen LogP contribution in [-0.4, -0.2) is 18.5 Å². The normalized spacial score (nSPS) is 34.8. The van der Waals surface area contributed by atoms with Crippen LogP contribution in [0.15, 0.2) is 0 Å². The number of amides is 1. The lowest BCUT2D eigenvalue weighted by molar-refractivity contribution is -0.130. The van der Waals surface area contributed by atoms with Crippen molar-refractivity contribution in [3.63, 3.8) is 0 Å². The highest BCUT2D eigenvalue weighted by molar-refractivity contribution is 5.83. The summed E-state index contributed by atoms with van der Waals surface area (Å²) in [5.74, 6) is 0.891. The van der Waals surface area contributed by atoms with Crippen molar-refractivity contribution in [2.75, 3.05) is 6.54 Å². The summed E-state index contributed by atoms with van der Waals surface area (Å²) in [5, 5.41) is 3.15. The molecule has 0 heterocycles. The Morgan fingerprint density at radius 2 is 1.94 bits per heavy atom. The number of carbonyl (C=O) groups excluding carboxylic acids is 1. The number of hydrogen-bond acceptors (Lipinski definition) is 2. The van der Waals surface area contributed by atoms with Gasteiger partial charge in [0.25, 0.3) is 0 Å². The molecule has 2 atom stereocenters. The van der Waals surface area contributed by atoms with Gasteiger partial charge in [0.2, 0.25) is 5.91 Å². The standard InChI is InChI=1S/C14H26N2O/c1-14(9-5-8-12(14)15)13(17)16-10-11-6-3-2-4-7-11/h11-12H,2-10,15H2,1H3,(H,16,17). The van der Waals surface area contributed by atoms with Crippen LogP contribution in [0.25, 0.3) is 0 Å². The van der Waals surface area contributed by atoms with Gasteiger partial charge < -0.3 is 11.1 Å². The lowest BCUT2D eigenvalue weighted by Gasteiger charge is -2.29. The van der Waals surface area contributed by atoms with E-state index in [1.54, 1.807) is 0 Å². The van der Waals surface area contributed by atoms with Crippen LogP contribution in [0.2, 0.25) is 0 Å². The molecule has 1 amide bonds. The summed E-state index contributed by atoms with van der Waals surface area (Å²) < 4.78 is 0. The summed E-state index contributed by atoms with van der Waals surface area (Å²) >= 11 is 0. The van der Waals surface area contributed by atoms with Gasteiger partial charge in [-0.05, 0) is 38.5 Å². The number of carbonyl (C=O) groups is 1. The molecule has 2 aliphatic rings. The molecule has 0 bridgehead atoms. The van der Waals surface area contributed by atoms with Crippen LogP contribution in [0.1, 0.15) is 58.3 Å². The van der Waals surface area contributed by atoms with Crippen molar-refractivity contribution in [1.82, 2.24) is 5.32 Å². The Labute approximate surface area is 105 Å². The van der Waals surface area contributed by atoms with Gasteiger partial charge in [0, 0.05) is 12.6 Å². The average molecular weight is 238 g/mol. The van der Waals surface area contributed by atoms with Gasteiger partial charge in [-0.1, -0.05) is 25.7 Å². The summed E-state index contributed by atoms with van der Waals surface area (Å²) in [6.07, 6.45) is 9.63. The highest BCUT2D eigenvalue weighted by Crippen LogP contribution is 2.36. The van der Waals surface area contributed by atoms with Crippen molar-refractivity contribution in [1.29, 1.82) is 0 Å². The number of nitrogens with one attached hydrogen (secondary N) is 1. The largest absolute Gasteiger partial charge is 0.355 e. The third-order valence-electron chi connectivity index (χ3n) is 4.82. The first kappa shape index (κ1) is 12.9. The SMILES string of the molecule is CC1(C(=O)NCC2CCCCC2)CCCC1N. The van der Waals surface area contributed by atoms with Crippen molar-refractivity contribution in [2.24, 2.45) is 17.1 Å². The highest BCUT2D eigenvalue weighted by Gasteiger charge is 2.42. The van der Waals surface area contributed by atoms with E-state index in [0.717, 1.165) is 25.8 Å². The van der Waals surface area contributed by atoms with Crippen molar-refractivity contribution >= 4 is 5.91 Å². The van der Waals surface area contributed by atoms with Crippen LogP contribution in [0.3, 0.4) is 0 Å². The van der Waals surface area contributed by atoms with E-state index in [0.29, 0.717) is 5.92 Å². The van der Waals surface area contributed by atoms with Gasteiger partial charge in [-0.15, -0.1) is 0 Å². The third-order valence-corrected chi connectivity index (χ3v) is 4.82. The van der Waals surface area contributed by atoms with E-state index in [1.165, 1.54) is 32.1 Å². The molecule has 2 saturated carbocycles. The van der Waals surface area contributed by atoms with Crippen LogP contribution in [0.4, 0.5) is 0 Å². The van der Waals surface area contributed by atoms with Crippen LogP contribution in [0.5, 0.6) is 0 Å². The van der Waals surface area contributed by atoms with Crippen LogP contribution < -0.4 is 11.1 Å². The molecule has 0 aromatic rings. The number of nitrogens with two attached hydrogens (primary N) is 1. The van der Waals surface area contributed by atoms with E-state index < -0.39 is 0 Å². The minimum absolute atomic E-state index is 0.0499. The van der Waals surface area contributed by atoms with Gasteiger partial charge in [0.15, 0.2) is 0 Å². The molecule has 2 unspecified atom stereocenters. The molecule has 3 nitrogen and oxygen atoms in total. The van der Waals surface area contributed by atoms with Gasteiger partial charge in [-0.3, -0.25) is 4.79 Å². The zero-order valence-electron chi connectivity index (χ0n) is 11.0. The second-order valence-electron chi connectivity index (χ2n) is 6.13. The smallest absolute Gasteiger partial charge is 0.227 e. The van der Waals surface area contributed by atoms with Gasteiger partial charge >= 0.3 is 0 Å². The molecule has 98 valence electrons. The molecule has 0 radical (unpaired) electrons. The topological polar surface area (TPSA) is 55.1 Å². The monoisotopic (exact) mass is 238 g/mol. The van der Waals surface area contributed by atoms with Crippen LogP contribution in [0, 0.1) is 11.3 Å². The summed E-state index contributed by atoms with van der Waals surface area (Å²) in [5.41, 5.74) is 5.75. The maximum atomic E-state index is 12.2. The maximum Gasteiger partial charge on any atom is 0.227 e. The second-order valence-corrected chi connectivity index (χ2v) is 6.13. The zero-order valence-corrected chi connectivity index (χ0v) is 11.0. The molecule has 0 saturated heterocycles. The summed E-state index contributed by atoms with van der Waals surface area (Å²) in [7, 11) is 0. The fourth-order valence-electron chi connectivity index (χ4n) is 3.31. The molecular weight excluding hydrogens is 212 g/mol. The van der Waals surface area contributed by atoms with Crippen molar-refractivity contribution in [3.05, 3.63) is 0 Å². The molecule has 2 rings (SSSR count). The van der Waals surface area contributed by atoms with Gasteiger partial charge in [-0.25, -0.2) is 0 Å². The predicted octanol–water partition coefficient (Wildman–Crippen LogP) is 2.20. The van der Waals surface area contributed by atoms with Gasteiger partial charge in [0.1, 0.15) is 0 Å². The zero-order chi connectivity index (χ0) is 12.3. The van der Waals surface area contributed by atoms with Gasteiger partial charge in [0.05, 0.1) is 5.41 Å². The average Bonchev–Trinajstić information content (AvgIpc) is 2.69. The molecule has 3 heteroatoms. The minimum atomic E-state index is -0.311. The Bertz CT molecular complexity index is 273. The first-order valence-electron chi connectivity index (χ1n) is 7.17. The molecule has 0 spiro atoms. The predicted molar refractivity (Wildman–Crippen MR) is 69.5 cm³/mol. The molecule has 2 aliphatic carbocycles. The van der Waals surface area contributed by atoms with E-state index in [2.05, 4.69) is 5.32 Å². The van der Waals surface area contributed by atoms with Crippen LogP contribution in [-0.2, 0) is 4.79 Å². The summed E-state index contributed by atoms with van der Waals surface area (Å²) in [6, 6.07) is 0.0499. The molecular formula is C14H26N2O. The van der Waals surface area contributed by atoms with E-state index in [1.807, 2.05) is 6.92 Å². The Morgan fingerprint density at radius 3 is 2.53 bits per heavy atom. The Kier molecular flexibility index (Phi) is 4.08. The van der Waals surface area contributed by atoms with E-state index in [4.69, 9.17) is 5.73 Å². The highest BCUT2D eigenvalue weighted by atomic mass is 16.2. The molecule has 3 N–H and O–H groups in total. The molecule has 0 aromatic heterocycles. The molecule has 0 aliphatic heterocycles. The quantitative estimate of drug-likeness (QED) is 0.792. The van der Waals surface area contributed by atoms with E-state index in [9.17, 15) is 4.79 Å². The van der Waals surface area contributed by atoms with E-state index in [-0.39, 0.29) is 17.4 Å². The van der Waals surface area contributed by atoms with Crippen LogP contribution >= 0.6 is 0 Å². The van der Waals surface area contributed by atoms with Gasteiger partial charge in [-0.2, -0.15) is 0 Å². The Balaban J connectivity index is 1.80. The lowest BCUT2D eigenvalue weighted by atomic mass is 9.83. The fourth-order valence-corrected chi connectivity index (χ4v) is 3.31. The second kappa shape index (κ2) is 5.38. The van der Waals surface area contributed by atoms with Crippen molar-refractivity contribution < 1.29 is 4.79 Å². The summed E-state index contributed by atoms with van der Waals surface area (Å²) in [4.78, 5) is 12.2. The Hall–Kier alpha value is -0.570. The fraction of sp³-hybridized carbons (Fsp3) is 0.929. The summed E-state index contributed by atoms with van der Waals surface area (Å²) in [6.45, 7) is 2.89. The first-order valence-corrected chi connectivity index (χ1v) is 7.17. The molecule has 0 aromatic carbocycles. The lowest BCUT2D eigenvalue weighted by Crippen LogP contribution is -2.48. The Morgan fingerprint density at radius 1 is 1.24 bits per heavy atom. The first-order chi connectivity index (χ1) is 8.13. The number of rotatable bonds is 3.